The molecule has 5 nitrogen and oxygen atoms in total. The number of aryl methyl sites for hydroxylation is 1. The molecular weight excluding hydrogens is 356 g/mol. The maximum atomic E-state index is 5.67. The molecule has 2 aromatic carbocycles. The Morgan fingerprint density at radius 1 is 1.04 bits per heavy atom. The lowest BCUT2D eigenvalue weighted by atomic mass is 10.2. The largest absolute Gasteiger partial charge is 0.494 e. The lowest BCUT2D eigenvalue weighted by Gasteiger charge is -2.14. The molecule has 142 valence electrons. The van der Waals surface area contributed by atoms with Crippen molar-refractivity contribution in [1.29, 1.82) is 0 Å². The van der Waals surface area contributed by atoms with E-state index in [9.17, 15) is 0 Å². The molecule has 3 rings (SSSR count). The van der Waals surface area contributed by atoms with Gasteiger partial charge in [-0.05, 0) is 55.9 Å². The Morgan fingerprint density at radius 3 is 2.41 bits per heavy atom. The summed E-state index contributed by atoms with van der Waals surface area (Å²) < 4.78 is 10.3. The summed E-state index contributed by atoms with van der Waals surface area (Å²) in [6.45, 7) is 7.08. The average molecular weight is 384 g/mol. The molecule has 1 unspecified atom stereocenters. The van der Waals surface area contributed by atoms with Crippen LogP contribution < -0.4 is 9.64 Å². The molecular formula is C21H27N4OS+. The molecule has 0 radical (unpaired) electrons. The molecule has 0 aliphatic carbocycles. The van der Waals surface area contributed by atoms with Gasteiger partial charge in [-0.1, -0.05) is 30.3 Å². The van der Waals surface area contributed by atoms with Gasteiger partial charge in [0.1, 0.15) is 18.1 Å². The van der Waals surface area contributed by atoms with Gasteiger partial charge in [0.15, 0.2) is 6.67 Å². The summed E-state index contributed by atoms with van der Waals surface area (Å²) in [5, 5.41) is 4.66. The van der Waals surface area contributed by atoms with E-state index in [1.165, 1.54) is 16.0 Å². The highest BCUT2D eigenvalue weighted by Gasteiger charge is 2.12. The van der Waals surface area contributed by atoms with Crippen molar-refractivity contribution in [2.24, 2.45) is 0 Å². The number of rotatable bonds is 8. The number of aromatic nitrogens is 3. The highest BCUT2D eigenvalue weighted by molar-refractivity contribution is 7.71. The molecule has 0 aliphatic heterocycles. The Bertz CT molecular complexity index is 916. The van der Waals surface area contributed by atoms with E-state index in [1.807, 2.05) is 48.9 Å². The molecule has 0 spiro atoms. The predicted molar refractivity (Wildman–Crippen MR) is 110 cm³/mol. The van der Waals surface area contributed by atoms with E-state index in [0.29, 0.717) is 6.61 Å². The van der Waals surface area contributed by atoms with Crippen molar-refractivity contribution in [1.82, 2.24) is 14.3 Å². The quantitative estimate of drug-likeness (QED) is 0.608. The summed E-state index contributed by atoms with van der Waals surface area (Å²) in [6.07, 6.45) is 0. The van der Waals surface area contributed by atoms with Crippen molar-refractivity contribution in [2.75, 3.05) is 13.7 Å². The SMILES string of the molecule is CCOc1ccc(C[NH+](C)Cn2nc(C)n(Cc3ccccc3)c2=S)cc1. The summed E-state index contributed by atoms with van der Waals surface area (Å²) in [6, 6.07) is 18.6. The van der Waals surface area contributed by atoms with Crippen LogP contribution in [-0.2, 0) is 19.8 Å². The van der Waals surface area contributed by atoms with Crippen molar-refractivity contribution in [2.45, 2.75) is 33.6 Å². The van der Waals surface area contributed by atoms with Crippen LogP contribution in [0.1, 0.15) is 23.9 Å². The predicted octanol–water partition coefficient (Wildman–Crippen LogP) is 2.84. The molecule has 1 N–H and O–H groups in total. The Balaban J connectivity index is 1.66. The molecule has 27 heavy (non-hydrogen) atoms. The molecule has 3 aromatic rings. The van der Waals surface area contributed by atoms with E-state index in [0.717, 1.165) is 36.1 Å². The maximum Gasteiger partial charge on any atom is 0.203 e. The van der Waals surface area contributed by atoms with E-state index in [2.05, 4.69) is 41.0 Å². The second-order valence-corrected chi connectivity index (χ2v) is 7.14. The minimum absolute atomic E-state index is 0.688. The number of ether oxygens (including phenoxy) is 1. The van der Waals surface area contributed by atoms with Gasteiger partial charge in [0.25, 0.3) is 0 Å². The fraction of sp³-hybridized carbons (Fsp3) is 0.333. The van der Waals surface area contributed by atoms with Gasteiger partial charge in [-0.3, -0.25) is 4.57 Å². The molecule has 1 heterocycles. The Hall–Kier alpha value is -2.44. The zero-order chi connectivity index (χ0) is 19.2. The van der Waals surface area contributed by atoms with Crippen LogP contribution in [0.15, 0.2) is 54.6 Å². The lowest BCUT2D eigenvalue weighted by Crippen LogP contribution is -3.07. The van der Waals surface area contributed by atoms with Crippen LogP contribution in [0.25, 0.3) is 0 Å². The second-order valence-electron chi connectivity index (χ2n) is 6.77. The summed E-state index contributed by atoms with van der Waals surface area (Å²) in [5.41, 5.74) is 2.49. The van der Waals surface area contributed by atoms with Crippen molar-refractivity contribution in [3.05, 3.63) is 76.3 Å². The summed E-state index contributed by atoms with van der Waals surface area (Å²) in [5.74, 6) is 1.86. The standard InChI is InChI=1S/C21H26N4OS/c1-4-26-20-12-10-19(11-13-20)14-23(3)16-25-21(27)24(17(2)22-25)15-18-8-6-5-7-9-18/h5-13H,4,14-16H2,1-3H3/p+1. The Kier molecular flexibility index (Phi) is 6.42. The topological polar surface area (TPSA) is 36.4 Å². The summed E-state index contributed by atoms with van der Waals surface area (Å²) >= 11 is 5.67. The van der Waals surface area contributed by atoms with Crippen molar-refractivity contribution >= 4 is 12.2 Å². The van der Waals surface area contributed by atoms with Crippen LogP contribution in [0.5, 0.6) is 5.75 Å². The number of nitrogens with zero attached hydrogens (tertiary/aromatic N) is 3. The molecule has 1 atom stereocenters. The molecule has 0 bridgehead atoms. The summed E-state index contributed by atoms with van der Waals surface area (Å²) in [4.78, 5) is 1.32. The molecule has 0 aliphatic rings. The smallest absolute Gasteiger partial charge is 0.203 e. The molecule has 0 amide bonds. The molecule has 6 heteroatoms. The second kappa shape index (κ2) is 8.97. The normalized spacial score (nSPS) is 12.1. The van der Waals surface area contributed by atoms with Gasteiger partial charge in [-0.25, -0.2) is 0 Å². The molecule has 0 saturated carbocycles. The average Bonchev–Trinajstić information content (AvgIpc) is 2.92. The van der Waals surface area contributed by atoms with E-state index >= 15 is 0 Å². The van der Waals surface area contributed by atoms with Gasteiger partial charge in [0.2, 0.25) is 4.77 Å². The van der Waals surface area contributed by atoms with Gasteiger partial charge in [0, 0.05) is 5.56 Å². The van der Waals surface area contributed by atoms with Crippen molar-refractivity contribution in [3.8, 4) is 5.75 Å². The highest BCUT2D eigenvalue weighted by Crippen LogP contribution is 2.11. The third-order valence-corrected chi connectivity index (χ3v) is 4.88. The monoisotopic (exact) mass is 383 g/mol. The van der Waals surface area contributed by atoms with Crippen LogP contribution in [-0.4, -0.2) is 28.0 Å². The summed E-state index contributed by atoms with van der Waals surface area (Å²) in [7, 11) is 2.16. The van der Waals surface area contributed by atoms with Crippen LogP contribution in [0, 0.1) is 11.7 Å². The third kappa shape index (κ3) is 5.05. The van der Waals surface area contributed by atoms with Crippen molar-refractivity contribution in [3.63, 3.8) is 0 Å². The van der Waals surface area contributed by atoms with E-state index in [1.54, 1.807) is 0 Å². The molecule has 1 aromatic heterocycles. The fourth-order valence-electron chi connectivity index (χ4n) is 3.13. The Morgan fingerprint density at radius 2 is 1.74 bits per heavy atom. The van der Waals surface area contributed by atoms with E-state index in [4.69, 9.17) is 17.0 Å². The number of hydrogen-bond donors (Lipinski definition) is 1. The van der Waals surface area contributed by atoms with E-state index < -0.39 is 0 Å². The van der Waals surface area contributed by atoms with Gasteiger partial charge in [0.05, 0.1) is 20.2 Å². The van der Waals surface area contributed by atoms with Crippen LogP contribution in [0.2, 0.25) is 0 Å². The third-order valence-electron chi connectivity index (χ3n) is 4.45. The first kappa shape index (κ1) is 19.3. The number of nitrogens with one attached hydrogen (secondary N) is 1. The van der Waals surface area contributed by atoms with Crippen LogP contribution in [0.4, 0.5) is 0 Å². The van der Waals surface area contributed by atoms with Gasteiger partial charge in [-0.15, -0.1) is 0 Å². The first-order valence-electron chi connectivity index (χ1n) is 9.28. The first-order valence-corrected chi connectivity index (χ1v) is 9.69. The number of benzene rings is 2. The minimum atomic E-state index is 0.688. The minimum Gasteiger partial charge on any atom is -0.494 e. The van der Waals surface area contributed by atoms with Crippen LogP contribution >= 0.6 is 12.2 Å². The van der Waals surface area contributed by atoms with E-state index in [-0.39, 0.29) is 0 Å². The number of hydrogen-bond acceptors (Lipinski definition) is 3. The van der Waals surface area contributed by atoms with Crippen molar-refractivity contribution < 1.29 is 9.64 Å². The Labute approximate surface area is 165 Å². The highest BCUT2D eigenvalue weighted by atomic mass is 32.1. The molecule has 0 fully saturated rings. The van der Waals surface area contributed by atoms with Gasteiger partial charge < -0.3 is 9.64 Å². The maximum absolute atomic E-state index is 5.67. The number of quaternary nitrogens is 1. The lowest BCUT2D eigenvalue weighted by molar-refractivity contribution is -0.917. The zero-order valence-corrected chi connectivity index (χ0v) is 17.0. The van der Waals surface area contributed by atoms with Gasteiger partial charge in [-0.2, -0.15) is 9.78 Å². The van der Waals surface area contributed by atoms with Gasteiger partial charge >= 0.3 is 0 Å². The fourth-order valence-corrected chi connectivity index (χ4v) is 3.43. The zero-order valence-electron chi connectivity index (χ0n) is 16.2. The first-order chi connectivity index (χ1) is 13.1. The molecule has 0 saturated heterocycles. The van der Waals surface area contributed by atoms with Crippen LogP contribution in [0.3, 0.4) is 0 Å².